The van der Waals surface area contributed by atoms with Crippen molar-refractivity contribution >= 4 is 19.7 Å². The molecule has 1 rings (SSSR count). The van der Waals surface area contributed by atoms with Gasteiger partial charge in [-0.3, -0.25) is 0 Å². The molecule has 9 heavy (non-hydrogen) atoms. The largest absolute Gasteiger partial charge is 0.351 e. The molecule has 1 atom stereocenters. The molecule has 3 nitrogen and oxygen atoms in total. The van der Waals surface area contributed by atoms with E-state index in [0.717, 1.165) is 13.1 Å². The molecule has 0 aliphatic carbocycles. The van der Waals surface area contributed by atoms with Gasteiger partial charge in [0.05, 0.1) is 0 Å². The van der Waals surface area contributed by atoms with Crippen molar-refractivity contribution < 1.29 is 4.89 Å². The van der Waals surface area contributed by atoms with Crippen molar-refractivity contribution in [3.05, 3.63) is 0 Å². The fraction of sp³-hybridized carbons (Fsp3) is 1.00. The summed E-state index contributed by atoms with van der Waals surface area (Å²) in [5.41, 5.74) is 0. The lowest BCUT2D eigenvalue weighted by Crippen LogP contribution is -2.29. The summed E-state index contributed by atoms with van der Waals surface area (Å²) in [6.45, 7) is 2.08. The van der Waals surface area contributed by atoms with E-state index >= 15 is 0 Å². The standard InChI is InChI=1S/C4H11N2OPS/c7-8(9)5-6-3-1-2-4-6/h5,7,9H,1-4H2. The molecule has 0 saturated carbocycles. The second-order valence-electron chi connectivity index (χ2n) is 2.08. The maximum Gasteiger partial charge on any atom is 0.175 e. The first-order valence-electron chi connectivity index (χ1n) is 2.98. The molecule has 1 heterocycles. The zero-order valence-corrected chi connectivity index (χ0v) is 6.91. The predicted molar refractivity (Wildman–Crippen MR) is 42.1 cm³/mol. The molecule has 0 bridgehead atoms. The monoisotopic (exact) mass is 166 g/mol. The van der Waals surface area contributed by atoms with Gasteiger partial charge in [0.1, 0.15) is 0 Å². The van der Waals surface area contributed by atoms with Crippen LogP contribution in [0.5, 0.6) is 0 Å². The SMILES string of the molecule is OP(S)NN1CCCC1. The summed E-state index contributed by atoms with van der Waals surface area (Å²) in [5, 5.41) is 4.87. The summed E-state index contributed by atoms with van der Waals surface area (Å²) in [6.07, 6.45) is 2.45. The molecule has 0 aromatic heterocycles. The molecule has 54 valence electrons. The van der Waals surface area contributed by atoms with Gasteiger partial charge >= 0.3 is 0 Å². The van der Waals surface area contributed by atoms with E-state index in [1.807, 2.05) is 5.01 Å². The number of rotatable bonds is 2. The van der Waals surface area contributed by atoms with Crippen molar-refractivity contribution in [3.63, 3.8) is 0 Å². The van der Waals surface area contributed by atoms with Crippen molar-refractivity contribution in [2.75, 3.05) is 13.1 Å². The third-order valence-corrected chi connectivity index (χ3v) is 2.07. The van der Waals surface area contributed by atoms with Gasteiger partial charge in [0, 0.05) is 13.1 Å². The van der Waals surface area contributed by atoms with E-state index in [9.17, 15) is 0 Å². The first-order chi connectivity index (χ1) is 4.29. The highest BCUT2D eigenvalue weighted by atomic mass is 32.7. The van der Waals surface area contributed by atoms with Crippen LogP contribution >= 0.6 is 19.7 Å². The van der Waals surface area contributed by atoms with Crippen molar-refractivity contribution in [2.24, 2.45) is 0 Å². The predicted octanol–water partition coefficient (Wildman–Crippen LogP) is 0.736. The van der Waals surface area contributed by atoms with Gasteiger partial charge in [-0.15, -0.1) is 12.2 Å². The maximum atomic E-state index is 8.79. The van der Waals surface area contributed by atoms with Crippen LogP contribution in [0.2, 0.25) is 0 Å². The molecule has 0 radical (unpaired) electrons. The van der Waals surface area contributed by atoms with Crippen molar-refractivity contribution in [2.45, 2.75) is 12.8 Å². The van der Waals surface area contributed by atoms with Crippen LogP contribution < -0.4 is 5.20 Å². The maximum absolute atomic E-state index is 8.79. The zero-order chi connectivity index (χ0) is 6.69. The Balaban J connectivity index is 2.11. The molecule has 1 fully saturated rings. The van der Waals surface area contributed by atoms with Crippen molar-refractivity contribution in [3.8, 4) is 0 Å². The Kier molecular flexibility index (Phi) is 3.22. The minimum atomic E-state index is -1.24. The Bertz CT molecular complexity index is 86.6. The van der Waals surface area contributed by atoms with E-state index in [-0.39, 0.29) is 0 Å². The highest BCUT2D eigenvalue weighted by molar-refractivity contribution is 8.42. The molecule has 2 N–H and O–H groups in total. The second-order valence-corrected chi connectivity index (χ2v) is 4.00. The average Bonchev–Trinajstić information content (AvgIpc) is 2.15. The van der Waals surface area contributed by atoms with E-state index in [1.54, 1.807) is 0 Å². The number of hydrogen-bond acceptors (Lipinski definition) is 4. The summed E-state index contributed by atoms with van der Waals surface area (Å²) in [7, 11) is -1.24. The Labute approximate surface area is 61.4 Å². The first-order valence-corrected chi connectivity index (χ1v) is 5.43. The fourth-order valence-electron chi connectivity index (χ4n) is 0.944. The molecule has 0 amide bonds. The Morgan fingerprint density at radius 1 is 1.44 bits per heavy atom. The number of hydrogen-bond donors (Lipinski definition) is 3. The normalized spacial score (nSPS) is 24.7. The lowest BCUT2D eigenvalue weighted by atomic mass is 10.4. The van der Waals surface area contributed by atoms with Gasteiger partial charge in [-0.1, -0.05) is 0 Å². The number of nitrogens with zero attached hydrogens (tertiary/aromatic N) is 1. The van der Waals surface area contributed by atoms with Gasteiger partial charge in [-0.2, -0.15) is 0 Å². The Morgan fingerprint density at radius 3 is 2.44 bits per heavy atom. The van der Waals surface area contributed by atoms with Gasteiger partial charge in [-0.05, 0) is 12.8 Å². The van der Waals surface area contributed by atoms with Crippen LogP contribution in [0.15, 0.2) is 0 Å². The van der Waals surface area contributed by atoms with Gasteiger partial charge in [-0.25, -0.2) is 10.2 Å². The number of nitrogens with one attached hydrogen (secondary N) is 1. The van der Waals surface area contributed by atoms with E-state index in [1.165, 1.54) is 12.8 Å². The quantitative estimate of drug-likeness (QED) is 0.418. The number of hydrazine groups is 1. The summed E-state index contributed by atoms with van der Waals surface area (Å²) in [5.74, 6) is 0. The van der Waals surface area contributed by atoms with Crippen molar-refractivity contribution in [1.82, 2.24) is 10.2 Å². The third-order valence-electron chi connectivity index (χ3n) is 1.34. The lowest BCUT2D eigenvalue weighted by Gasteiger charge is -2.16. The molecule has 1 aliphatic rings. The van der Waals surface area contributed by atoms with Crippen LogP contribution in [0.4, 0.5) is 0 Å². The lowest BCUT2D eigenvalue weighted by molar-refractivity contribution is 0.301. The molecule has 5 heteroatoms. The third kappa shape index (κ3) is 2.83. The van der Waals surface area contributed by atoms with E-state index in [4.69, 9.17) is 4.89 Å². The highest BCUT2D eigenvalue weighted by Gasteiger charge is 2.12. The summed E-state index contributed by atoms with van der Waals surface area (Å²) in [4.78, 5) is 8.79. The smallest absolute Gasteiger partial charge is 0.175 e. The number of thiol groups is 1. The van der Waals surface area contributed by atoms with Gasteiger partial charge in [0.15, 0.2) is 7.50 Å². The summed E-state index contributed by atoms with van der Waals surface area (Å²) < 4.78 is 0. The molecule has 1 unspecified atom stereocenters. The zero-order valence-electron chi connectivity index (χ0n) is 5.12. The highest BCUT2D eigenvalue weighted by Crippen LogP contribution is 2.30. The Morgan fingerprint density at radius 2 is 2.00 bits per heavy atom. The molecular weight excluding hydrogens is 155 g/mol. The van der Waals surface area contributed by atoms with Crippen LogP contribution in [0.25, 0.3) is 0 Å². The van der Waals surface area contributed by atoms with Gasteiger partial charge < -0.3 is 4.89 Å². The van der Waals surface area contributed by atoms with Crippen LogP contribution in [0.1, 0.15) is 12.8 Å². The van der Waals surface area contributed by atoms with E-state index in [0.29, 0.717) is 0 Å². The molecule has 0 spiro atoms. The molecule has 1 saturated heterocycles. The van der Waals surface area contributed by atoms with Gasteiger partial charge in [0.2, 0.25) is 0 Å². The topological polar surface area (TPSA) is 35.5 Å². The molecular formula is C4H11N2OPS. The minimum absolute atomic E-state index is 1.04. The van der Waals surface area contributed by atoms with Gasteiger partial charge in [0.25, 0.3) is 0 Å². The Hall–Kier alpha value is 0.660. The van der Waals surface area contributed by atoms with Crippen LogP contribution in [0, 0.1) is 0 Å². The van der Waals surface area contributed by atoms with Crippen LogP contribution in [-0.4, -0.2) is 23.0 Å². The minimum Gasteiger partial charge on any atom is -0.351 e. The summed E-state index contributed by atoms with van der Waals surface area (Å²) in [6, 6.07) is 0. The summed E-state index contributed by atoms with van der Waals surface area (Å²) >= 11 is 3.84. The van der Waals surface area contributed by atoms with E-state index < -0.39 is 7.50 Å². The molecule has 0 aromatic rings. The fourth-order valence-corrected chi connectivity index (χ4v) is 1.78. The molecule has 0 aromatic carbocycles. The second kappa shape index (κ2) is 3.74. The van der Waals surface area contributed by atoms with Crippen LogP contribution in [-0.2, 0) is 0 Å². The molecule has 1 aliphatic heterocycles. The van der Waals surface area contributed by atoms with Crippen molar-refractivity contribution in [1.29, 1.82) is 0 Å². The van der Waals surface area contributed by atoms with E-state index in [2.05, 4.69) is 17.4 Å². The van der Waals surface area contributed by atoms with Crippen LogP contribution in [0.3, 0.4) is 0 Å². The average molecular weight is 166 g/mol. The first kappa shape index (κ1) is 7.76.